The van der Waals surface area contributed by atoms with E-state index in [0.29, 0.717) is 6.04 Å². The maximum Gasteiger partial charge on any atom is 0.159 e. The Hall–Kier alpha value is -2.51. The van der Waals surface area contributed by atoms with Gasteiger partial charge in [0.2, 0.25) is 0 Å². The van der Waals surface area contributed by atoms with Gasteiger partial charge < -0.3 is 11.1 Å². The van der Waals surface area contributed by atoms with E-state index < -0.39 is 0 Å². The van der Waals surface area contributed by atoms with Gasteiger partial charge >= 0.3 is 0 Å². The van der Waals surface area contributed by atoms with Crippen molar-refractivity contribution in [3.8, 4) is 0 Å². The molecule has 26 heavy (non-hydrogen) atoms. The van der Waals surface area contributed by atoms with Crippen LogP contribution in [-0.4, -0.2) is 43.6 Å². The highest BCUT2D eigenvalue weighted by atomic mass is 15.3. The predicted molar refractivity (Wildman–Crippen MR) is 102 cm³/mol. The number of fused-ring (bicyclic) bond motifs is 1. The van der Waals surface area contributed by atoms with Crippen molar-refractivity contribution in [1.29, 1.82) is 0 Å². The first kappa shape index (κ1) is 16.9. The van der Waals surface area contributed by atoms with Gasteiger partial charge in [-0.15, -0.1) is 0 Å². The zero-order valence-electron chi connectivity index (χ0n) is 15.1. The number of aryl methyl sites for hydroxylation is 1. The summed E-state index contributed by atoms with van der Waals surface area (Å²) >= 11 is 0. The van der Waals surface area contributed by atoms with E-state index in [0.717, 1.165) is 56.0 Å². The molecule has 0 bridgehead atoms. The molecule has 0 radical (unpaired) electrons. The fraction of sp³-hybridized carbons (Fsp3) is 0.421. The molecule has 1 saturated heterocycles. The number of aromatic nitrogens is 4. The monoisotopic (exact) mass is 351 g/mol. The summed E-state index contributed by atoms with van der Waals surface area (Å²) in [7, 11) is 0. The fourth-order valence-corrected chi connectivity index (χ4v) is 3.47. The molecule has 3 aromatic heterocycles. The lowest BCUT2D eigenvalue weighted by Gasteiger charge is -2.29. The van der Waals surface area contributed by atoms with Gasteiger partial charge in [0.1, 0.15) is 17.7 Å². The number of piperidine rings is 1. The highest BCUT2D eigenvalue weighted by Gasteiger charge is 2.19. The average molecular weight is 351 g/mol. The van der Waals surface area contributed by atoms with Crippen molar-refractivity contribution in [3.63, 3.8) is 0 Å². The molecule has 4 rings (SSSR count). The van der Waals surface area contributed by atoms with E-state index >= 15 is 0 Å². The zero-order valence-corrected chi connectivity index (χ0v) is 15.1. The van der Waals surface area contributed by atoms with Crippen molar-refractivity contribution in [3.05, 3.63) is 48.0 Å². The van der Waals surface area contributed by atoms with E-state index in [-0.39, 0.29) is 0 Å². The summed E-state index contributed by atoms with van der Waals surface area (Å²) in [5, 5.41) is 7.72. The highest BCUT2D eigenvalue weighted by molar-refractivity contribution is 5.75. The lowest BCUT2D eigenvalue weighted by Crippen LogP contribution is -2.39. The number of likely N-dealkylation sites (tertiary alicyclic amines) is 1. The van der Waals surface area contributed by atoms with E-state index in [1.54, 1.807) is 6.33 Å². The van der Waals surface area contributed by atoms with E-state index in [2.05, 4.69) is 44.3 Å². The summed E-state index contributed by atoms with van der Waals surface area (Å²) in [5.74, 6) is 1.59. The molecule has 136 valence electrons. The zero-order chi connectivity index (χ0) is 17.9. The second kappa shape index (κ2) is 7.39. The Morgan fingerprint density at radius 2 is 2.08 bits per heavy atom. The van der Waals surface area contributed by atoms with Crippen LogP contribution in [-0.2, 0) is 13.0 Å². The minimum atomic E-state index is 0.342. The van der Waals surface area contributed by atoms with Gasteiger partial charge in [0, 0.05) is 25.0 Å². The number of nitrogens with one attached hydrogen (secondary N) is 1. The molecule has 0 unspecified atom stereocenters. The summed E-state index contributed by atoms with van der Waals surface area (Å²) in [6.45, 7) is 5.09. The molecule has 0 saturated carbocycles. The van der Waals surface area contributed by atoms with Gasteiger partial charge in [-0.2, -0.15) is 5.10 Å². The Labute approximate surface area is 153 Å². The van der Waals surface area contributed by atoms with Gasteiger partial charge in [0.25, 0.3) is 0 Å². The maximum atomic E-state index is 6.03. The average Bonchev–Trinajstić information content (AvgIpc) is 3.08. The SMILES string of the molecule is CCc1ccnc(Nc2ncnn3ccc(CN4CCC(N)CC4)c23)c1. The van der Waals surface area contributed by atoms with Crippen molar-refractivity contribution >= 4 is 17.2 Å². The molecule has 1 aliphatic rings. The van der Waals surface area contributed by atoms with Gasteiger partial charge in [-0.05, 0) is 61.7 Å². The Morgan fingerprint density at radius 1 is 1.23 bits per heavy atom. The van der Waals surface area contributed by atoms with Crippen LogP contribution < -0.4 is 11.1 Å². The molecular weight excluding hydrogens is 326 g/mol. The Kier molecular flexibility index (Phi) is 4.81. The molecule has 0 aliphatic carbocycles. The van der Waals surface area contributed by atoms with Crippen LogP contribution in [0.3, 0.4) is 0 Å². The van der Waals surface area contributed by atoms with Crippen LogP contribution in [0.4, 0.5) is 11.6 Å². The van der Waals surface area contributed by atoms with Crippen molar-refractivity contribution in [2.75, 3.05) is 18.4 Å². The van der Waals surface area contributed by atoms with Gasteiger partial charge in [-0.3, -0.25) is 4.90 Å². The molecular formula is C19H25N7. The second-order valence-corrected chi connectivity index (χ2v) is 6.88. The molecule has 1 aliphatic heterocycles. The lowest BCUT2D eigenvalue weighted by atomic mass is 10.1. The van der Waals surface area contributed by atoms with Crippen molar-refractivity contribution in [1.82, 2.24) is 24.5 Å². The van der Waals surface area contributed by atoms with E-state index in [1.165, 1.54) is 11.1 Å². The Bertz CT molecular complexity index is 880. The minimum Gasteiger partial charge on any atom is -0.328 e. The first-order valence-electron chi connectivity index (χ1n) is 9.24. The number of nitrogens with two attached hydrogens (primary N) is 1. The molecule has 3 N–H and O–H groups in total. The summed E-state index contributed by atoms with van der Waals surface area (Å²) < 4.78 is 1.88. The number of rotatable bonds is 5. The molecule has 1 fully saturated rings. The number of hydrogen-bond acceptors (Lipinski definition) is 6. The van der Waals surface area contributed by atoms with Gasteiger partial charge in [0.15, 0.2) is 5.82 Å². The molecule has 4 heterocycles. The van der Waals surface area contributed by atoms with E-state index in [9.17, 15) is 0 Å². The number of anilines is 2. The molecule has 7 heteroatoms. The molecule has 7 nitrogen and oxygen atoms in total. The lowest BCUT2D eigenvalue weighted by molar-refractivity contribution is 0.206. The molecule has 3 aromatic rings. The summed E-state index contributed by atoms with van der Waals surface area (Å²) in [5.41, 5.74) is 9.49. The summed E-state index contributed by atoms with van der Waals surface area (Å²) in [6, 6.07) is 6.56. The summed E-state index contributed by atoms with van der Waals surface area (Å²) in [6.07, 6.45) is 8.48. The summed E-state index contributed by atoms with van der Waals surface area (Å²) in [4.78, 5) is 11.3. The first-order chi connectivity index (χ1) is 12.7. The van der Waals surface area contributed by atoms with Gasteiger partial charge in [0.05, 0.1) is 0 Å². The smallest absolute Gasteiger partial charge is 0.159 e. The van der Waals surface area contributed by atoms with Crippen LogP contribution in [0.15, 0.2) is 36.9 Å². The molecule has 0 atom stereocenters. The second-order valence-electron chi connectivity index (χ2n) is 6.88. The van der Waals surface area contributed by atoms with Crippen LogP contribution in [0.25, 0.3) is 5.52 Å². The normalized spacial score (nSPS) is 16.2. The third-order valence-corrected chi connectivity index (χ3v) is 5.04. The fourth-order valence-electron chi connectivity index (χ4n) is 3.47. The number of nitrogens with zero attached hydrogens (tertiary/aromatic N) is 5. The van der Waals surface area contributed by atoms with Crippen molar-refractivity contribution < 1.29 is 0 Å². The van der Waals surface area contributed by atoms with E-state index in [1.807, 2.05) is 23.0 Å². The molecule has 0 spiro atoms. The molecule has 0 amide bonds. The van der Waals surface area contributed by atoms with Crippen LogP contribution in [0.5, 0.6) is 0 Å². The van der Waals surface area contributed by atoms with Gasteiger partial charge in [-0.1, -0.05) is 6.92 Å². The van der Waals surface area contributed by atoms with Gasteiger partial charge in [-0.25, -0.2) is 14.5 Å². The van der Waals surface area contributed by atoms with Crippen molar-refractivity contribution in [2.24, 2.45) is 5.73 Å². The van der Waals surface area contributed by atoms with Crippen LogP contribution >= 0.6 is 0 Å². The third-order valence-electron chi connectivity index (χ3n) is 5.04. The van der Waals surface area contributed by atoms with Crippen LogP contribution in [0, 0.1) is 0 Å². The Balaban J connectivity index is 1.61. The third kappa shape index (κ3) is 3.54. The minimum absolute atomic E-state index is 0.342. The molecule has 0 aromatic carbocycles. The Morgan fingerprint density at radius 3 is 2.88 bits per heavy atom. The largest absolute Gasteiger partial charge is 0.328 e. The van der Waals surface area contributed by atoms with E-state index in [4.69, 9.17) is 5.73 Å². The number of pyridine rings is 1. The first-order valence-corrected chi connectivity index (χ1v) is 9.24. The van der Waals surface area contributed by atoms with Crippen LogP contribution in [0.1, 0.15) is 30.9 Å². The maximum absolute atomic E-state index is 6.03. The van der Waals surface area contributed by atoms with Crippen LogP contribution in [0.2, 0.25) is 0 Å². The van der Waals surface area contributed by atoms with Crippen molar-refractivity contribution in [2.45, 2.75) is 38.8 Å². The quantitative estimate of drug-likeness (QED) is 0.734. The predicted octanol–water partition coefficient (Wildman–Crippen LogP) is 2.35. The topological polar surface area (TPSA) is 84.4 Å². The standard InChI is InChI=1S/C19H25N7/c1-2-14-3-7-21-17(11-14)24-19-18-15(4-10-26(18)23-13-22-19)12-25-8-5-16(20)6-9-25/h3-4,7,10-11,13,16H,2,5-6,8-9,12,20H2,1H3,(H,21,22,23,24). The highest BCUT2D eigenvalue weighted by Crippen LogP contribution is 2.24. The number of hydrogen-bond donors (Lipinski definition) is 2.